The highest BCUT2D eigenvalue weighted by Crippen LogP contribution is 2.44. The van der Waals surface area contributed by atoms with Crippen LogP contribution < -0.4 is 0 Å². The van der Waals surface area contributed by atoms with Gasteiger partial charge < -0.3 is 10.2 Å². The Balaban J connectivity index is 2.13. The predicted octanol–water partition coefficient (Wildman–Crippen LogP) is 2.40. The fourth-order valence-electron chi connectivity index (χ4n) is 3.10. The van der Waals surface area contributed by atoms with E-state index >= 15 is 0 Å². The van der Waals surface area contributed by atoms with Crippen LogP contribution in [0.4, 0.5) is 0 Å². The van der Waals surface area contributed by atoms with Gasteiger partial charge in [0, 0.05) is 5.92 Å². The van der Waals surface area contributed by atoms with E-state index in [1.165, 1.54) is 30.4 Å². The quantitative estimate of drug-likeness (QED) is 0.687. The van der Waals surface area contributed by atoms with Gasteiger partial charge in [-0.1, -0.05) is 11.1 Å². The monoisotopic (exact) mass is 210 g/mol. The summed E-state index contributed by atoms with van der Waals surface area (Å²) in [6, 6.07) is 0. The molecule has 0 amide bonds. The van der Waals surface area contributed by atoms with Gasteiger partial charge in [-0.15, -0.1) is 0 Å². The van der Waals surface area contributed by atoms with Gasteiger partial charge in [0.1, 0.15) is 0 Å². The van der Waals surface area contributed by atoms with E-state index in [1.807, 2.05) is 13.8 Å². The van der Waals surface area contributed by atoms with Crippen LogP contribution in [0.2, 0.25) is 0 Å². The van der Waals surface area contributed by atoms with Gasteiger partial charge in [-0.2, -0.15) is 0 Å². The first-order chi connectivity index (χ1) is 6.97. The SMILES string of the molecule is CC(C)(O)CC1C2=C(CCCC2)CC1O. The Morgan fingerprint density at radius 1 is 1.27 bits per heavy atom. The van der Waals surface area contributed by atoms with E-state index in [0.717, 1.165) is 12.8 Å². The molecule has 0 aliphatic heterocycles. The molecule has 2 aliphatic rings. The molecule has 0 fully saturated rings. The zero-order valence-electron chi connectivity index (χ0n) is 9.79. The Kier molecular flexibility index (Phi) is 2.91. The summed E-state index contributed by atoms with van der Waals surface area (Å²) >= 11 is 0. The van der Waals surface area contributed by atoms with E-state index in [9.17, 15) is 10.2 Å². The molecule has 0 aromatic carbocycles. The van der Waals surface area contributed by atoms with E-state index in [0.29, 0.717) is 6.42 Å². The molecule has 0 radical (unpaired) electrons. The zero-order chi connectivity index (χ0) is 11.1. The molecule has 2 aliphatic carbocycles. The van der Waals surface area contributed by atoms with Crippen LogP contribution >= 0.6 is 0 Å². The summed E-state index contributed by atoms with van der Waals surface area (Å²) in [6.45, 7) is 3.67. The minimum Gasteiger partial charge on any atom is -0.392 e. The molecule has 2 atom stereocenters. The van der Waals surface area contributed by atoms with Crippen molar-refractivity contribution in [1.82, 2.24) is 0 Å². The lowest BCUT2D eigenvalue weighted by atomic mass is 9.83. The van der Waals surface area contributed by atoms with Gasteiger partial charge in [-0.25, -0.2) is 0 Å². The third-order valence-corrected chi connectivity index (χ3v) is 3.72. The molecule has 2 rings (SSSR count). The van der Waals surface area contributed by atoms with Crippen molar-refractivity contribution in [1.29, 1.82) is 0 Å². The Morgan fingerprint density at radius 2 is 1.93 bits per heavy atom. The van der Waals surface area contributed by atoms with Gasteiger partial charge >= 0.3 is 0 Å². The molecular formula is C13H22O2. The molecule has 2 nitrogen and oxygen atoms in total. The minimum atomic E-state index is -0.661. The van der Waals surface area contributed by atoms with E-state index in [1.54, 1.807) is 0 Å². The van der Waals surface area contributed by atoms with Crippen molar-refractivity contribution in [3.05, 3.63) is 11.1 Å². The fourth-order valence-corrected chi connectivity index (χ4v) is 3.10. The first-order valence-corrected chi connectivity index (χ1v) is 6.08. The maximum absolute atomic E-state index is 10.0. The summed E-state index contributed by atoms with van der Waals surface area (Å²) in [5.74, 6) is 0.222. The highest BCUT2D eigenvalue weighted by atomic mass is 16.3. The average Bonchev–Trinajstić information content (AvgIpc) is 2.41. The standard InChI is InChI=1S/C13H22O2/c1-13(2,15)8-11-10-6-4-3-5-9(10)7-12(11)14/h11-12,14-15H,3-8H2,1-2H3. The maximum Gasteiger partial charge on any atom is 0.0643 e. The molecule has 0 saturated carbocycles. The van der Waals surface area contributed by atoms with Crippen molar-refractivity contribution in [2.45, 2.75) is 64.1 Å². The molecule has 2 N–H and O–H groups in total. The highest BCUT2D eigenvalue weighted by molar-refractivity contribution is 5.28. The number of rotatable bonds is 2. The molecule has 0 aromatic heterocycles. The summed E-state index contributed by atoms with van der Waals surface area (Å²) in [5.41, 5.74) is 2.30. The third kappa shape index (κ3) is 2.43. The van der Waals surface area contributed by atoms with Crippen molar-refractivity contribution in [2.75, 3.05) is 0 Å². The van der Waals surface area contributed by atoms with Crippen molar-refractivity contribution in [3.8, 4) is 0 Å². The van der Waals surface area contributed by atoms with Crippen molar-refractivity contribution in [3.63, 3.8) is 0 Å². The van der Waals surface area contributed by atoms with Gasteiger partial charge in [0.05, 0.1) is 11.7 Å². The van der Waals surface area contributed by atoms with Gasteiger partial charge in [0.2, 0.25) is 0 Å². The lowest BCUT2D eigenvalue weighted by Crippen LogP contribution is -2.28. The second-order valence-corrected chi connectivity index (χ2v) is 5.73. The first-order valence-electron chi connectivity index (χ1n) is 6.08. The molecule has 86 valence electrons. The van der Waals surface area contributed by atoms with Crippen LogP contribution in [0.5, 0.6) is 0 Å². The van der Waals surface area contributed by atoms with Crippen LogP contribution in [0.3, 0.4) is 0 Å². The molecule has 0 saturated heterocycles. The maximum atomic E-state index is 10.0. The number of aliphatic hydroxyl groups is 2. The van der Waals surface area contributed by atoms with Crippen LogP contribution in [0.15, 0.2) is 11.1 Å². The second-order valence-electron chi connectivity index (χ2n) is 5.73. The van der Waals surface area contributed by atoms with E-state index in [2.05, 4.69) is 0 Å². The molecule has 0 bridgehead atoms. The summed E-state index contributed by atoms with van der Waals surface area (Å²) in [5, 5.41) is 19.9. The van der Waals surface area contributed by atoms with Crippen molar-refractivity contribution in [2.24, 2.45) is 5.92 Å². The Morgan fingerprint density at radius 3 is 2.60 bits per heavy atom. The number of hydrogen-bond donors (Lipinski definition) is 2. The lowest BCUT2D eigenvalue weighted by molar-refractivity contribution is 0.0290. The summed E-state index contributed by atoms with van der Waals surface area (Å²) < 4.78 is 0. The normalized spacial score (nSPS) is 32.0. The molecule has 15 heavy (non-hydrogen) atoms. The van der Waals surface area contributed by atoms with Gasteiger partial charge in [-0.05, 0) is 52.4 Å². The van der Waals surface area contributed by atoms with Crippen molar-refractivity contribution < 1.29 is 10.2 Å². The van der Waals surface area contributed by atoms with Crippen LogP contribution in [0, 0.1) is 5.92 Å². The molecule has 0 heterocycles. The van der Waals surface area contributed by atoms with E-state index < -0.39 is 5.60 Å². The molecular weight excluding hydrogens is 188 g/mol. The minimum absolute atomic E-state index is 0.222. The third-order valence-electron chi connectivity index (χ3n) is 3.72. The van der Waals surface area contributed by atoms with Gasteiger partial charge in [0.15, 0.2) is 0 Å². The summed E-state index contributed by atoms with van der Waals surface area (Å²) in [4.78, 5) is 0. The second kappa shape index (κ2) is 3.91. The Labute approximate surface area is 92.0 Å². The average molecular weight is 210 g/mol. The van der Waals surface area contributed by atoms with Crippen LogP contribution in [0.1, 0.15) is 52.4 Å². The highest BCUT2D eigenvalue weighted by Gasteiger charge is 2.36. The smallest absolute Gasteiger partial charge is 0.0643 e. The Hall–Kier alpha value is -0.340. The molecule has 0 spiro atoms. The number of hydrogen-bond acceptors (Lipinski definition) is 2. The largest absolute Gasteiger partial charge is 0.392 e. The van der Waals surface area contributed by atoms with Crippen LogP contribution in [-0.2, 0) is 0 Å². The summed E-state index contributed by atoms with van der Waals surface area (Å²) in [6.07, 6.45) is 6.18. The topological polar surface area (TPSA) is 40.5 Å². The molecule has 2 unspecified atom stereocenters. The molecule has 2 heteroatoms. The van der Waals surface area contributed by atoms with Gasteiger partial charge in [-0.3, -0.25) is 0 Å². The van der Waals surface area contributed by atoms with Crippen LogP contribution in [0.25, 0.3) is 0 Å². The van der Waals surface area contributed by atoms with Crippen LogP contribution in [-0.4, -0.2) is 21.9 Å². The zero-order valence-corrected chi connectivity index (χ0v) is 9.79. The van der Waals surface area contributed by atoms with Crippen molar-refractivity contribution >= 4 is 0 Å². The summed E-state index contributed by atoms with van der Waals surface area (Å²) in [7, 11) is 0. The molecule has 0 aromatic rings. The van der Waals surface area contributed by atoms with Gasteiger partial charge in [0.25, 0.3) is 0 Å². The van der Waals surface area contributed by atoms with E-state index in [-0.39, 0.29) is 12.0 Å². The predicted molar refractivity (Wildman–Crippen MR) is 60.5 cm³/mol. The lowest BCUT2D eigenvalue weighted by Gasteiger charge is -2.27. The first kappa shape index (κ1) is 11.2. The Bertz CT molecular complexity index is 273. The number of aliphatic hydroxyl groups excluding tert-OH is 1. The van der Waals surface area contributed by atoms with E-state index in [4.69, 9.17) is 0 Å². The fraction of sp³-hybridized carbons (Fsp3) is 0.846.